The van der Waals surface area contributed by atoms with Crippen molar-refractivity contribution >= 4 is 5.97 Å². The number of hydrogen-bond donors (Lipinski definition) is 0. The molecule has 22 heavy (non-hydrogen) atoms. The van der Waals surface area contributed by atoms with E-state index in [0.717, 1.165) is 24.2 Å². The molecule has 0 aliphatic heterocycles. The Bertz CT molecular complexity index is 649. The Morgan fingerprint density at radius 1 is 1.14 bits per heavy atom. The van der Waals surface area contributed by atoms with Gasteiger partial charge >= 0.3 is 5.97 Å². The molecule has 0 unspecified atom stereocenters. The van der Waals surface area contributed by atoms with Crippen LogP contribution in [0.25, 0.3) is 11.3 Å². The minimum absolute atomic E-state index is 0.200. The molecule has 1 aromatic heterocycles. The maximum absolute atomic E-state index is 11.5. The van der Waals surface area contributed by atoms with E-state index in [1.807, 2.05) is 24.3 Å². The summed E-state index contributed by atoms with van der Waals surface area (Å²) in [4.78, 5) is 19.8. The summed E-state index contributed by atoms with van der Waals surface area (Å²) in [5.74, 6) is 0.378. The van der Waals surface area contributed by atoms with Crippen LogP contribution in [-0.2, 0) is 4.74 Å². The molecule has 0 bridgehead atoms. The molecule has 1 heterocycles. The number of carbonyl (C=O) groups is 1. The van der Waals surface area contributed by atoms with Crippen LogP contribution in [0, 0.1) is 0 Å². The molecule has 5 heteroatoms. The van der Waals surface area contributed by atoms with Crippen molar-refractivity contribution in [2.75, 3.05) is 7.11 Å². The molecule has 0 amide bonds. The molecule has 1 aliphatic rings. The second kappa shape index (κ2) is 6.56. The predicted molar refractivity (Wildman–Crippen MR) is 81.7 cm³/mol. The van der Waals surface area contributed by atoms with Gasteiger partial charge in [-0.2, -0.15) is 0 Å². The van der Waals surface area contributed by atoms with Crippen LogP contribution in [0.4, 0.5) is 0 Å². The third kappa shape index (κ3) is 3.24. The van der Waals surface area contributed by atoms with Crippen LogP contribution in [-0.4, -0.2) is 29.2 Å². The lowest BCUT2D eigenvalue weighted by molar-refractivity contribution is 0.0593. The second-order valence-electron chi connectivity index (χ2n) is 5.33. The van der Waals surface area contributed by atoms with Gasteiger partial charge in [0.05, 0.1) is 31.3 Å². The number of benzene rings is 1. The van der Waals surface area contributed by atoms with E-state index in [1.165, 1.54) is 26.1 Å². The molecule has 1 saturated carbocycles. The lowest BCUT2D eigenvalue weighted by Gasteiger charge is -2.13. The summed E-state index contributed by atoms with van der Waals surface area (Å²) < 4.78 is 10.6. The molecule has 1 fully saturated rings. The molecule has 0 atom stereocenters. The molecule has 5 nitrogen and oxygen atoms in total. The molecule has 2 aromatic rings. The summed E-state index contributed by atoms with van der Waals surface area (Å²) in [6.45, 7) is 0. The minimum Gasteiger partial charge on any atom is -0.490 e. The van der Waals surface area contributed by atoms with Crippen molar-refractivity contribution in [3.63, 3.8) is 0 Å². The van der Waals surface area contributed by atoms with Crippen LogP contribution in [0.3, 0.4) is 0 Å². The number of hydrogen-bond acceptors (Lipinski definition) is 5. The molecule has 0 saturated heterocycles. The normalized spacial score (nSPS) is 14.8. The smallest absolute Gasteiger partial charge is 0.358 e. The SMILES string of the molecule is COC(=O)c1cncc(-c2ccc(OC3CCCC3)cc2)n1. The van der Waals surface area contributed by atoms with E-state index in [2.05, 4.69) is 14.7 Å². The average molecular weight is 298 g/mol. The zero-order valence-corrected chi connectivity index (χ0v) is 12.5. The van der Waals surface area contributed by atoms with E-state index in [0.29, 0.717) is 11.8 Å². The number of rotatable bonds is 4. The Hall–Kier alpha value is -2.43. The maximum Gasteiger partial charge on any atom is 0.358 e. The van der Waals surface area contributed by atoms with Gasteiger partial charge < -0.3 is 9.47 Å². The van der Waals surface area contributed by atoms with Crippen molar-refractivity contribution in [2.24, 2.45) is 0 Å². The maximum atomic E-state index is 11.5. The van der Waals surface area contributed by atoms with Gasteiger partial charge in [0.1, 0.15) is 5.75 Å². The van der Waals surface area contributed by atoms with Crippen LogP contribution in [0.15, 0.2) is 36.7 Å². The van der Waals surface area contributed by atoms with Crippen molar-refractivity contribution in [3.05, 3.63) is 42.4 Å². The Kier molecular flexibility index (Phi) is 4.32. The van der Waals surface area contributed by atoms with Gasteiger partial charge in [0.2, 0.25) is 0 Å². The van der Waals surface area contributed by atoms with Crippen molar-refractivity contribution in [1.82, 2.24) is 9.97 Å². The minimum atomic E-state index is -0.490. The number of esters is 1. The molecule has 3 rings (SSSR count). The van der Waals surface area contributed by atoms with E-state index in [9.17, 15) is 4.79 Å². The number of ether oxygens (including phenoxy) is 2. The molecule has 0 spiro atoms. The first-order valence-electron chi connectivity index (χ1n) is 7.44. The Morgan fingerprint density at radius 3 is 2.55 bits per heavy atom. The predicted octanol–water partition coefficient (Wildman–Crippen LogP) is 3.25. The van der Waals surface area contributed by atoms with Gasteiger partial charge in [-0.05, 0) is 49.9 Å². The molecule has 114 valence electrons. The molecular weight excluding hydrogens is 280 g/mol. The van der Waals surface area contributed by atoms with Crippen molar-refractivity contribution < 1.29 is 14.3 Å². The summed E-state index contributed by atoms with van der Waals surface area (Å²) in [5, 5.41) is 0. The van der Waals surface area contributed by atoms with Crippen molar-refractivity contribution in [2.45, 2.75) is 31.8 Å². The van der Waals surface area contributed by atoms with Crippen LogP contribution in [0.2, 0.25) is 0 Å². The van der Waals surface area contributed by atoms with Gasteiger partial charge in [-0.25, -0.2) is 9.78 Å². The second-order valence-corrected chi connectivity index (χ2v) is 5.33. The first-order valence-corrected chi connectivity index (χ1v) is 7.44. The average Bonchev–Trinajstić information content (AvgIpc) is 3.08. The zero-order valence-electron chi connectivity index (χ0n) is 12.5. The van der Waals surface area contributed by atoms with Crippen LogP contribution >= 0.6 is 0 Å². The van der Waals surface area contributed by atoms with Crippen LogP contribution < -0.4 is 4.74 Å². The molecular formula is C17H18N2O3. The van der Waals surface area contributed by atoms with E-state index < -0.39 is 5.97 Å². The Balaban J connectivity index is 1.76. The van der Waals surface area contributed by atoms with Gasteiger partial charge in [0.25, 0.3) is 0 Å². The molecule has 0 radical (unpaired) electrons. The monoisotopic (exact) mass is 298 g/mol. The quantitative estimate of drug-likeness (QED) is 0.811. The Morgan fingerprint density at radius 2 is 1.86 bits per heavy atom. The van der Waals surface area contributed by atoms with Crippen molar-refractivity contribution in [1.29, 1.82) is 0 Å². The highest BCUT2D eigenvalue weighted by Gasteiger charge is 2.16. The number of carbonyl (C=O) groups excluding carboxylic acids is 1. The number of methoxy groups -OCH3 is 1. The molecule has 1 aromatic carbocycles. The summed E-state index contributed by atoms with van der Waals surface area (Å²) in [6, 6.07) is 7.71. The first kappa shape index (κ1) is 14.5. The van der Waals surface area contributed by atoms with E-state index in [4.69, 9.17) is 4.74 Å². The van der Waals surface area contributed by atoms with E-state index in [-0.39, 0.29) is 5.69 Å². The van der Waals surface area contributed by atoms with Gasteiger partial charge in [-0.3, -0.25) is 4.98 Å². The van der Waals surface area contributed by atoms with Gasteiger partial charge in [0.15, 0.2) is 5.69 Å². The summed E-state index contributed by atoms with van der Waals surface area (Å²) in [5.41, 5.74) is 1.72. The first-order chi connectivity index (χ1) is 10.8. The molecule has 1 aliphatic carbocycles. The fraction of sp³-hybridized carbons (Fsp3) is 0.353. The lowest BCUT2D eigenvalue weighted by atomic mass is 10.1. The van der Waals surface area contributed by atoms with Crippen molar-refractivity contribution in [3.8, 4) is 17.0 Å². The fourth-order valence-electron chi connectivity index (χ4n) is 2.61. The van der Waals surface area contributed by atoms with Gasteiger partial charge in [0, 0.05) is 5.56 Å². The third-order valence-electron chi connectivity index (χ3n) is 3.78. The Labute approximate surface area is 129 Å². The van der Waals surface area contributed by atoms with Crippen LogP contribution in [0.1, 0.15) is 36.2 Å². The van der Waals surface area contributed by atoms with E-state index in [1.54, 1.807) is 6.20 Å². The highest BCUT2D eigenvalue weighted by atomic mass is 16.5. The lowest BCUT2D eigenvalue weighted by Crippen LogP contribution is -2.10. The van der Waals surface area contributed by atoms with E-state index >= 15 is 0 Å². The summed E-state index contributed by atoms with van der Waals surface area (Å²) >= 11 is 0. The highest BCUT2D eigenvalue weighted by Crippen LogP contribution is 2.26. The standard InChI is InChI=1S/C17H18N2O3/c1-21-17(20)16-11-18-10-15(19-16)12-6-8-14(9-7-12)22-13-4-2-3-5-13/h6-11,13H,2-5H2,1H3. The summed E-state index contributed by atoms with van der Waals surface area (Å²) in [6.07, 6.45) is 8.13. The zero-order chi connectivity index (χ0) is 15.4. The van der Waals surface area contributed by atoms with Gasteiger partial charge in [-0.1, -0.05) is 0 Å². The van der Waals surface area contributed by atoms with Gasteiger partial charge in [-0.15, -0.1) is 0 Å². The topological polar surface area (TPSA) is 61.3 Å². The third-order valence-corrected chi connectivity index (χ3v) is 3.78. The summed E-state index contributed by atoms with van der Waals surface area (Å²) in [7, 11) is 1.33. The fourth-order valence-corrected chi connectivity index (χ4v) is 2.61. The largest absolute Gasteiger partial charge is 0.490 e. The molecule has 0 N–H and O–H groups in total. The highest BCUT2D eigenvalue weighted by molar-refractivity contribution is 5.87. The van der Waals surface area contributed by atoms with Crippen LogP contribution in [0.5, 0.6) is 5.75 Å². The number of aromatic nitrogens is 2. The number of nitrogens with zero attached hydrogens (tertiary/aromatic N) is 2.